The van der Waals surface area contributed by atoms with Crippen LogP contribution in [0.25, 0.3) is 11.0 Å². The molecule has 1 amide bonds. The van der Waals surface area contributed by atoms with Crippen LogP contribution in [0.15, 0.2) is 77.7 Å². The van der Waals surface area contributed by atoms with Gasteiger partial charge in [-0.1, -0.05) is 48.5 Å². The van der Waals surface area contributed by atoms with Crippen LogP contribution < -0.4 is 4.72 Å². The van der Waals surface area contributed by atoms with Crippen LogP contribution in [0, 0.1) is 6.92 Å². The van der Waals surface area contributed by atoms with E-state index in [0.29, 0.717) is 27.7 Å². The Hall–Kier alpha value is -3.96. The fourth-order valence-corrected chi connectivity index (χ4v) is 7.76. The number of halogens is 3. The van der Waals surface area contributed by atoms with Gasteiger partial charge in [-0.3, -0.25) is 18.6 Å². The Morgan fingerprint density at radius 2 is 1.79 bits per heavy atom. The first kappa shape index (κ1) is 30.5. The maximum atomic E-state index is 13.8. The minimum atomic E-state index is -5.52. The summed E-state index contributed by atoms with van der Waals surface area (Å²) in [6.07, 6.45) is -6.01. The van der Waals surface area contributed by atoms with E-state index in [9.17, 15) is 40.3 Å². The lowest BCUT2D eigenvalue weighted by Crippen LogP contribution is -2.42. The Labute approximate surface area is 245 Å². The molecule has 0 bridgehead atoms. The molecule has 1 fully saturated rings. The van der Waals surface area contributed by atoms with Crippen molar-refractivity contribution >= 4 is 43.7 Å². The number of aromatic nitrogens is 2. The van der Waals surface area contributed by atoms with E-state index in [1.165, 1.54) is 30.3 Å². The Balaban J connectivity index is 1.62. The molecule has 5 rings (SSSR count). The molecule has 1 aliphatic heterocycles. The number of nitrogens with one attached hydrogen (secondary N) is 2. The molecule has 2 heterocycles. The number of para-hydroxylation sites is 2. The van der Waals surface area contributed by atoms with E-state index in [2.05, 4.69) is 19.5 Å². The van der Waals surface area contributed by atoms with Gasteiger partial charge in [-0.15, -0.1) is 10.8 Å². The molecule has 43 heavy (non-hydrogen) atoms. The number of hydroxylamine groups is 1. The minimum absolute atomic E-state index is 0.00922. The lowest BCUT2D eigenvalue weighted by Gasteiger charge is -2.33. The summed E-state index contributed by atoms with van der Waals surface area (Å²) >= 11 is 0. The third kappa shape index (κ3) is 6.23. The largest absolute Gasteiger partial charge is 0.492 e. The summed E-state index contributed by atoms with van der Waals surface area (Å²) in [6.45, 7) is 1.63. The molecule has 3 aromatic carbocycles. The number of alkyl halides is 3. The maximum absolute atomic E-state index is 13.8. The van der Waals surface area contributed by atoms with Crippen molar-refractivity contribution in [2.45, 2.75) is 42.1 Å². The van der Waals surface area contributed by atoms with E-state index < -0.39 is 55.0 Å². The number of hydrogen-bond donors (Lipinski definition) is 4. The molecule has 11 nitrogen and oxygen atoms in total. The highest BCUT2D eigenvalue weighted by Crippen LogP contribution is 2.56. The number of imidazole rings is 1. The summed E-state index contributed by atoms with van der Waals surface area (Å²) in [7, 11) is -8.36. The van der Waals surface area contributed by atoms with Crippen molar-refractivity contribution < 1.29 is 45.1 Å². The normalized spacial score (nSPS) is 18.4. The summed E-state index contributed by atoms with van der Waals surface area (Å²) in [5.74, 6) is -3.38. The van der Waals surface area contributed by atoms with Crippen LogP contribution in [0.3, 0.4) is 0 Å². The molecule has 0 aliphatic carbocycles. The fourth-order valence-electron chi connectivity index (χ4n) is 4.81. The summed E-state index contributed by atoms with van der Waals surface area (Å²) in [5.41, 5.74) is 2.18. The highest BCUT2D eigenvalue weighted by molar-refractivity contribution is 8.23. The summed E-state index contributed by atoms with van der Waals surface area (Å²) in [5, 5.41) is -0.928. The van der Waals surface area contributed by atoms with Gasteiger partial charge in [-0.25, -0.2) is 18.2 Å². The zero-order valence-corrected chi connectivity index (χ0v) is 23.9. The van der Waals surface area contributed by atoms with Gasteiger partial charge in [0, 0.05) is 0 Å². The molecule has 2 atom stereocenters. The first-order valence-corrected chi connectivity index (χ1v) is 15.7. The van der Waals surface area contributed by atoms with Crippen molar-refractivity contribution in [3.63, 3.8) is 0 Å². The van der Waals surface area contributed by atoms with Gasteiger partial charge >= 0.3 is 12.1 Å². The number of fused-ring (bicyclic) bond motifs is 1. The number of carbonyl (C=O) groups excluding carboxylic acids is 2. The third-order valence-electron chi connectivity index (χ3n) is 6.80. The van der Waals surface area contributed by atoms with E-state index in [1.807, 2.05) is 0 Å². The van der Waals surface area contributed by atoms with E-state index in [4.69, 9.17) is 0 Å². The smallest absolute Gasteiger partial charge is 0.344 e. The van der Waals surface area contributed by atoms with Gasteiger partial charge in [0.2, 0.25) is 5.91 Å². The molecule has 16 heteroatoms. The zero-order chi connectivity index (χ0) is 31.2. The van der Waals surface area contributed by atoms with Crippen LogP contribution >= 0.6 is 10.8 Å². The van der Waals surface area contributed by atoms with E-state index in [0.717, 1.165) is 12.1 Å². The molecule has 4 aromatic rings. The summed E-state index contributed by atoms with van der Waals surface area (Å²) in [6, 6.07) is 16.1. The van der Waals surface area contributed by atoms with Crippen molar-refractivity contribution in [1.82, 2.24) is 19.2 Å². The molecule has 0 radical (unpaired) electrons. The highest BCUT2D eigenvalue weighted by Gasteiger charge is 2.47. The van der Waals surface area contributed by atoms with Crippen molar-refractivity contribution in [3.8, 4) is 0 Å². The maximum Gasteiger partial charge on any atom is 0.492 e. The number of hydrogen-bond acceptors (Lipinski definition) is 8. The van der Waals surface area contributed by atoms with Gasteiger partial charge < -0.3 is 9.82 Å². The van der Waals surface area contributed by atoms with Gasteiger partial charge in [-0.2, -0.15) is 13.2 Å². The van der Waals surface area contributed by atoms with Gasteiger partial charge in [0.25, 0.3) is 10.0 Å². The summed E-state index contributed by atoms with van der Waals surface area (Å²) in [4.78, 5) is 35.4. The molecular weight excluding hydrogens is 613 g/mol. The number of sulfonamides is 1. The first-order valence-electron chi connectivity index (χ1n) is 12.7. The molecule has 1 aliphatic rings. The molecule has 4 N–H and O–H groups in total. The predicted octanol–water partition coefficient (Wildman–Crippen LogP) is 5.09. The Kier molecular flexibility index (Phi) is 8.00. The van der Waals surface area contributed by atoms with Gasteiger partial charge in [0.15, 0.2) is 0 Å². The second kappa shape index (κ2) is 11.3. The molecule has 1 aromatic heterocycles. The van der Waals surface area contributed by atoms with Crippen molar-refractivity contribution in [1.29, 1.82) is 0 Å². The number of amides is 1. The number of benzene rings is 3. The number of nitrogens with zero attached hydrogens (tertiary/aromatic N) is 2. The number of H-pyrrole nitrogens is 1. The minimum Gasteiger partial charge on any atom is -0.344 e. The average Bonchev–Trinajstić information content (AvgIpc) is 3.49. The predicted molar refractivity (Wildman–Crippen MR) is 150 cm³/mol. The number of rotatable bonds is 8. The Morgan fingerprint density at radius 3 is 2.40 bits per heavy atom. The second-order valence-electron chi connectivity index (χ2n) is 9.81. The Bertz CT molecular complexity index is 1760. The molecular formula is C27H25F3N4O7S2. The zero-order valence-electron chi connectivity index (χ0n) is 22.3. The summed E-state index contributed by atoms with van der Waals surface area (Å²) < 4.78 is 90.6. The van der Waals surface area contributed by atoms with Crippen molar-refractivity contribution in [2.24, 2.45) is 0 Å². The van der Waals surface area contributed by atoms with E-state index in [1.54, 1.807) is 37.3 Å². The van der Waals surface area contributed by atoms with Crippen LogP contribution in [0.5, 0.6) is 0 Å². The Morgan fingerprint density at radius 1 is 1.12 bits per heavy atom. The number of aromatic amines is 1. The second-order valence-corrected chi connectivity index (χ2v) is 13.6. The lowest BCUT2D eigenvalue weighted by molar-refractivity contribution is -0.227. The topological polar surface area (TPSA) is 162 Å². The SMILES string of the molecule is Cc1cc(C[C@@H](c2nc3ccccc3[nH]2)N(OC(=O)C(F)(F)F)S(=O)(=O)c2ccccc2)ccc1[C@@H]1CC(=O)NS1(O)O. The quantitative estimate of drug-likeness (QED) is 0.194. The molecule has 0 saturated carbocycles. The van der Waals surface area contributed by atoms with Gasteiger partial charge in [0.1, 0.15) is 17.1 Å². The molecule has 1 saturated heterocycles. The monoisotopic (exact) mass is 638 g/mol. The van der Waals surface area contributed by atoms with Crippen molar-refractivity contribution in [3.05, 3.63) is 95.3 Å². The standard InChI is InChI=1S/C27H25F3N4O7S2/c1-16-13-17(11-12-19(16)23-15-24(35)33-42(23,37)38)14-22(25-31-20-9-5-6-10-21(20)32-25)34(41-26(36)27(28,29)30)43(39,40)18-7-3-2-4-8-18/h2-13,22-23,37-38H,14-15H2,1H3,(H,31,32)(H,33,35)/t22-,23-/m0/s1. The first-order chi connectivity index (χ1) is 20.2. The highest BCUT2D eigenvalue weighted by atomic mass is 32.3. The van der Waals surface area contributed by atoms with Crippen LogP contribution in [0.4, 0.5) is 13.2 Å². The number of carbonyl (C=O) groups is 2. The third-order valence-corrected chi connectivity index (χ3v) is 10.2. The van der Waals surface area contributed by atoms with E-state index in [-0.39, 0.29) is 23.1 Å². The van der Waals surface area contributed by atoms with Gasteiger partial charge in [0.05, 0.1) is 22.3 Å². The lowest BCUT2D eigenvalue weighted by atomic mass is 9.97. The average molecular weight is 639 g/mol. The van der Waals surface area contributed by atoms with Crippen molar-refractivity contribution in [2.75, 3.05) is 0 Å². The van der Waals surface area contributed by atoms with E-state index >= 15 is 0 Å². The van der Waals surface area contributed by atoms with Gasteiger partial charge in [-0.05, 0) is 58.8 Å². The van der Waals surface area contributed by atoms with Crippen LogP contribution in [-0.2, 0) is 30.9 Å². The van der Waals surface area contributed by atoms with Crippen LogP contribution in [0.2, 0.25) is 0 Å². The molecule has 0 spiro atoms. The number of aryl methyl sites for hydroxylation is 1. The fraction of sp³-hybridized carbons (Fsp3) is 0.222. The van der Waals surface area contributed by atoms with Crippen LogP contribution in [-0.4, -0.2) is 50.0 Å². The molecule has 228 valence electrons. The van der Waals surface area contributed by atoms with Crippen LogP contribution in [0.1, 0.15) is 40.2 Å². The molecule has 0 unspecified atom stereocenters.